The number of aromatic nitrogens is 1. The van der Waals surface area contributed by atoms with Gasteiger partial charge in [-0.25, -0.2) is 14.6 Å². The molecule has 0 saturated carbocycles. The van der Waals surface area contributed by atoms with E-state index >= 15 is 0 Å². The molecule has 2 aliphatic heterocycles. The zero-order valence-corrected chi connectivity index (χ0v) is 30.1. The summed E-state index contributed by atoms with van der Waals surface area (Å²) in [6.07, 6.45) is -0.865. The summed E-state index contributed by atoms with van der Waals surface area (Å²) in [5.41, 5.74) is 7.08. The van der Waals surface area contributed by atoms with E-state index in [1.54, 1.807) is 38.1 Å². The van der Waals surface area contributed by atoms with Gasteiger partial charge in [0.25, 0.3) is 11.6 Å². The quantitative estimate of drug-likeness (QED) is 0.0329. The van der Waals surface area contributed by atoms with Gasteiger partial charge in [0.15, 0.2) is 17.6 Å². The highest BCUT2D eigenvalue weighted by atomic mass is 32.2. The molecule has 2 aromatic carbocycles. The summed E-state index contributed by atoms with van der Waals surface area (Å²) in [4.78, 5) is 84.5. The summed E-state index contributed by atoms with van der Waals surface area (Å²) in [5, 5.41) is 23.4. The molecule has 3 aromatic rings. The van der Waals surface area contributed by atoms with Crippen LogP contribution in [0.25, 0.3) is 0 Å². The Morgan fingerprint density at radius 1 is 1.09 bits per heavy atom. The van der Waals surface area contributed by atoms with Crippen molar-refractivity contribution < 1.29 is 47.9 Å². The molecule has 21 heteroatoms. The standard InChI is InChI=1S/C32H34N8O11S2/c1-32(2)25(39-27(43)24(28(39)53-32)37-26(42)23(38-48-3)21-15-52-30(33)36-21)29(44)51-16-49-14-18-6-4-5-7-20(18)35-22(41)12-34-31(45)50-13-17-8-10-19(11-9-17)40(46)47/h4-11,15,24-25,28H,12-14,16H2,1-3H3,(H2,33,36)(H,34,45)(H,35,41)(H,37,42)/b38-23-/t24-,25-,28+/m0/s1. The van der Waals surface area contributed by atoms with Crippen LogP contribution in [-0.2, 0) is 51.4 Å². The Bertz CT molecular complexity index is 1920. The first-order chi connectivity index (χ1) is 25.3. The number of hydrogen-bond donors (Lipinski definition) is 4. The lowest BCUT2D eigenvalue weighted by atomic mass is 9.96. The number of thioether (sulfide) groups is 1. The maximum atomic E-state index is 13.2. The number of nitrogens with two attached hydrogens (primary N) is 1. The minimum atomic E-state index is -0.966. The van der Waals surface area contributed by atoms with E-state index in [2.05, 4.69) is 26.1 Å². The largest absolute Gasteiger partial charge is 0.445 e. The van der Waals surface area contributed by atoms with Gasteiger partial charge in [-0.1, -0.05) is 23.4 Å². The number of alkyl carbamates (subject to hydrolysis) is 1. The number of para-hydroxylation sites is 1. The van der Waals surface area contributed by atoms with E-state index < -0.39 is 70.2 Å². The number of amides is 4. The third-order valence-electron chi connectivity index (χ3n) is 7.86. The van der Waals surface area contributed by atoms with Crippen LogP contribution in [-0.4, -0.2) is 93.0 Å². The minimum absolute atomic E-state index is 0.0629. The molecule has 0 bridgehead atoms. The Labute approximate surface area is 309 Å². The van der Waals surface area contributed by atoms with E-state index in [4.69, 9.17) is 24.8 Å². The van der Waals surface area contributed by atoms with Gasteiger partial charge < -0.3 is 45.6 Å². The molecular weight excluding hydrogens is 737 g/mol. The third-order valence-corrected chi connectivity index (χ3v) is 10.1. The highest BCUT2D eigenvalue weighted by Gasteiger charge is 2.64. The van der Waals surface area contributed by atoms with Crippen LogP contribution in [0, 0.1) is 10.1 Å². The van der Waals surface area contributed by atoms with E-state index in [9.17, 15) is 34.1 Å². The van der Waals surface area contributed by atoms with Gasteiger partial charge in [-0.15, -0.1) is 23.1 Å². The van der Waals surface area contributed by atoms with Crippen molar-refractivity contribution in [2.24, 2.45) is 5.16 Å². The summed E-state index contributed by atoms with van der Waals surface area (Å²) in [6, 6.07) is 10.3. The first-order valence-corrected chi connectivity index (χ1v) is 17.4. The molecule has 3 heterocycles. The van der Waals surface area contributed by atoms with Gasteiger partial charge in [0.1, 0.15) is 43.4 Å². The fourth-order valence-corrected chi connectivity index (χ4v) is 7.56. The molecule has 19 nitrogen and oxygen atoms in total. The van der Waals surface area contributed by atoms with Crippen molar-refractivity contribution >= 4 is 75.1 Å². The Hall–Kier alpha value is -5.80. The molecule has 5 N–H and O–H groups in total. The number of anilines is 2. The molecule has 53 heavy (non-hydrogen) atoms. The summed E-state index contributed by atoms with van der Waals surface area (Å²) >= 11 is 2.45. The SMILES string of the molecule is CO/N=C(\C(=O)N[C@H]1C(=O)N2[C@@H]1SC(C)(C)[C@@H]2C(=O)OCOCc1ccccc1NC(=O)CNC(=O)OCc1ccc([N+](=O)[O-])cc1)c1csc(N)n1. The van der Waals surface area contributed by atoms with E-state index in [0.717, 1.165) is 11.3 Å². The Kier molecular flexibility index (Phi) is 12.1. The number of oxime groups is 1. The van der Waals surface area contributed by atoms with Crippen LogP contribution in [0.3, 0.4) is 0 Å². The topological polar surface area (TPSA) is 256 Å². The van der Waals surface area contributed by atoms with Crippen molar-refractivity contribution in [3.8, 4) is 0 Å². The number of nitrogens with one attached hydrogen (secondary N) is 3. The molecular formula is C32H34N8O11S2. The first-order valence-electron chi connectivity index (χ1n) is 15.7. The van der Waals surface area contributed by atoms with Crippen LogP contribution in [0.2, 0.25) is 0 Å². The predicted molar refractivity (Wildman–Crippen MR) is 190 cm³/mol. The van der Waals surface area contributed by atoms with E-state index in [-0.39, 0.29) is 35.4 Å². The molecule has 3 atom stereocenters. The van der Waals surface area contributed by atoms with Crippen LogP contribution in [0.4, 0.5) is 21.3 Å². The van der Waals surface area contributed by atoms with Gasteiger partial charge >= 0.3 is 12.1 Å². The summed E-state index contributed by atoms with van der Waals surface area (Å²) in [7, 11) is 1.27. The zero-order chi connectivity index (χ0) is 38.3. The number of carbonyl (C=O) groups excluding carboxylic acids is 5. The molecule has 1 aromatic heterocycles. The van der Waals surface area contributed by atoms with E-state index in [1.807, 2.05) is 0 Å². The van der Waals surface area contributed by atoms with E-state index in [0.29, 0.717) is 16.8 Å². The number of esters is 1. The van der Waals surface area contributed by atoms with Crippen molar-refractivity contribution in [2.75, 3.05) is 31.5 Å². The van der Waals surface area contributed by atoms with Crippen molar-refractivity contribution in [1.29, 1.82) is 0 Å². The van der Waals surface area contributed by atoms with Crippen molar-refractivity contribution in [1.82, 2.24) is 20.5 Å². The molecule has 4 amide bonds. The molecule has 0 aliphatic carbocycles. The predicted octanol–water partition coefficient (Wildman–Crippen LogP) is 2.11. The fourth-order valence-electron chi connectivity index (χ4n) is 5.39. The van der Waals surface area contributed by atoms with Crippen molar-refractivity contribution in [3.05, 3.63) is 80.8 Å². The number of carbonyl (C=O) groups is 5. The summed E-state index contributed by atoms with van der Waals surface area (Å²) < 4.78 is 15.3. The Balaban J connectivity index is 1.06. The number of ether oxygens (including phenoxy) is 3. The minimum Gasteiger partial charge on any atom is -0.445 e. The summed E-state index contributed by atoms with van der Waals surface area (Å²) in [5.74, 6) is -2.43. The fraction of sp³-hybridized carbons (Fsp3) is 0.344. The van der Waals surface area contributed by atoms with Gasteiger partial charge in [0.05, 0.1) is 11.5 Å². The number of fused-ring (bicyclic) bond motifs is 1. The second kappa shape index (κ2) is 16.7. The van der Waals surface area contributed by atoms with Gasteiger partial charge in [0, 0.05) is 33.5 Å². The lowest BCUT2D eigenvalue weighted by molar-refractivity contribution is -0.384. The average molecular weight is 771 g/mol. The number of nitro benzene ring substituents is 1. The number of nitrogens with zero attached hydrogens (tertiary/aromatic N) is 4. The van der Waals surface area contributed by atoms with Crippen molar-refractivity contribution in [3.63, 3.8) is 0 Å². The van der Waals surface area contributed by atoms with Crippen molar-refractivity contribution in [2.45, 2.75) is 49.3 Å². The number of benzene rings is 2. The smallest absolute Gasteiger partial charge is 0.407 e. The second-order valence-electron chi connectivity index (χ2n) is 11.9. The number of rotatable bonds is 15. The number of hydrogen-bond acceptors (Lipinski definition) is 16. The highest BCUT2D eigenvalue weighted by Crippen LogP contribution is 2.51. The number of thiazole rings is 1. The molecule has 2 saturated heterocycles. The molecule has 5 rings (SSSR count). The first kappa shape index (κ1) is 38.4. The lowest BCUT2D eigenvalue weighted by Crippen LogP contribution is -2.71. The van der Waals surface area contributed by atoms with Gasteiger partial charge in [-0.2, -0.15) is 0 Å². The van der Waals surface area contributed by atoms with Gasteiger partial charge in [0.2, 0.25) is 11.8 Å². The normalized spacial score (nSPS) is 18.6. The molecule has 2 aliphatic rings. The van der Waals surface area contributed by atoms with Crippen LogP contribution in [0.1, 0.15) is 30.7 Å². The Morgan fingerprint density at radius 3 is 2.51 bits per heavy atom. The monoisotopic (exact) mass is 770 g/mol. The average Bonchev–Trinajstić information content (AvgIpc) is 3.67. The molecule has 0 spiro atoms. The van der Waals surface area contributed by atoms with Crippen LogP contribution < -0.4 is 21.7 Å². The third kappa shape index (κ3) is 9.17. The number of β-lactam (4-membered cyclic amide) rings is 1. The second-order valence-corrected chi connectivity index (χ2v) is 14.6. The molecule has 2 fully saturated rings. The van der Waals surface area contributed by atoms with Crippen LogP contribution in [0.5, 0.6) is 0 Å². The Morgan fingerprint density at radius 2 is 1.83 bits per heavy atom. The molecule has 280 valence electrons. The zero-order valence-electron chi connectivity index (χ0n) is 28.4. The van der Waals surface area contributed by atoms with E-state index in [1.165, 1.54) is 53.4 Å². The van der Waals surface area contributed by atoms with Crippen LogP contribution in [0.15, 0.2) is 59.1 Å². The summed E-state index contributed by atoms with van der Waals surface area (Å²) in [6.45, 7) is 2.49. The maximum absolute atomic E-state index is 13.2. The number of nitrogen functional groups attached to an aromatic ring is 1. The molecule has 0 unspecified atom stereocenters. The maximum Gasteiger partial charge on any atom is 0.407 e. The number of nitro groups is 1. The molecule has 0 radical (unpaired) electrons. The lowest BCUT2D eigenvalue weighted by Gasteiger charge is -2.43. The van der Waals surface area contributed by atoms with Crippen LogP contribution >= 0.6 is 23.1 Å². The van der Waals surface area contributed by atoms with Gasteiger partial charge in [-0.05, 0) is 37.6 Å². The highest BCUT2D eigenvalue weighted by molar-refractivity contribution is 8.01. The van der Waals surface area contributed by atoms with Gasteiger partial charge in [-0.3, -0.25) is 24.5 Å². The number of non-ortho nitro benzene ring substituents is 1.